The maximum absolute atomic E-state index is 8.29. The topological polar surface area (TPSA) is 23.8 Å². The van der Waals surface area contributed by atoms with E-state index in [1.807, 2.05) is 29.7 Å². The van der Waals surface area contributed by atoms with Gasteiger partial charge in [-0.1, -0.05) is 36.0 Å². The Balaban J connectivity index is 2.28. The monoisotopic (exact) mass is 189 g/mol. The van der Waals surface area contributed by atoms with Crippen LogP contribution in [0.25, 0.3) is 0 Å². The molecule has 1 nitrogen and oxygen atoms in total. The SMILES string of the molecule is N#CCC/C=C/Sc1ccccc1. The lowest BCUT2D eigenvalue weighted by molar-refractivity contribution is 1.06. The molecule has 0 saturated carbocycles. The summed E-state index contributed by atoms with van der Waals surface area (Å²) in [5.41, 5.74) is 0. The summed E-state index contributed by atoms with van der Waals surface area (Å²) in [5.74, 6) is 0. The second kappa shape index (κ2) is 6.33. The van der Waals surface area contributed by atoms with Crippen LogP contribution >= 0.6 is 11.8 Å². The molecule has 0 fully saturated rings. The Morgan fingerprint density at radius 2 is 2.08 bits per heavy atom. The van der Waals surface area contributed by atoms with Crippen molar-refractivity contribution in [3.63, 3.8) is 0 Å². The third kappa shape index (κ3) is 4.39. The van der Waals surface area contributed by atoms with E-state index in [-0.39, 0.29) is 0 Å². The van der Waals surface area contributed by atoms with E-state index in [4.69, 9.17) is 5.26 Å². The number of hydrogen-bond donors (Lipinski definition) is 0. The van der Waals surface area contributed by atoms with Gasteiger partial charge < -0.3 is 0 Å². The van der Waals surface area contributed by atoms with Gasteiger partial charge in [-0.25, -0.2) is 0 Å². The van der Waals surface area contributed by atoms with Gasteiger partial charge in [0.15, 0.2) is 0 Å². The number of allylic oxidation sites excluding steroid dienone is 1. The zero-order valence-corrected chi connectivity index (χ0v) is 8.13. The Labute approximate surface area is 83.1 Å². The van der Waals surface area contributed by atoms with Crippen molar-refractivity contribution in [3.05, 3.63) is 41.8 Å². The first-order valence-corrected chi connectivity index (χ1v) is 5.05. The lowest BCUT2D eigenvalue weighted by atomic mass is 10.3. The minimum Gasteiger partial charge on any atom is -0.198 e. The van der Waals surface area contributed by atoms with Gasteiger partial charge >= 0.3 is 0 Å². The Bertz CT molecular complexity index is 298. The van der Waals surface area contributed by atoms with Crippen molar-refractivity contribution >= 4 is 11.8 Å². The van der Waals surface area contributed by atoms with Crippen LogP contribution in [0.2, 0.25) is 0 Å². The van der Waals surface area contributed by atoms with Gasteiger partial charge in [0.05, 0.1) is 6.07 Å². The van der Waals surface area contributed by atoms with Crippen LogP contribution in [0.3, 0.4) is 0 Å². The average molecular weight is 189 g/mol. The molecule has 66 valence electrons. The van der Waals surface area contributed by atoms with Crippen LogP contribution in [0.15, 0.2) is 46.7 Å². The lowest BCUT2D eigenvalue weighted by Crippen LogP contribution is -1.65. The molecule has 0 N–H and O–H groups in total. The molecule has 0 aliphatic heterocycles. The van der Waals surface area contributed by atoms with E-state index in [0.717, 1.165) is 6.42 Å². The largest absolute Gasteiger partial charge is 0.198 e. The van der Waals surface area contributed by atoms with Crippen molar-refractivity contribution in [2.45, 2.75) is 17.7 Å². The number of nitrogens with zero attached hydrogens (tertiary/aromatic N) is 1. The van der Waals surface area contributed by atoms with Crippen LogP contribution in [0.4, 0.5) is 0 Å². The first-order chi connectivity index (χ1) is 6.43. The van der Waals surface area contributed by atoms with Gasteiger partial charge in [0, 0.05) is 11.3 Å². The highest BCUT2D eigenvalue weighted by atomic mass is 32.2. The van der Waals surface area contributed by atoms with Gasteiger partial charge in [0.25, 0.3) is 0 Å². The molecule has 0 bridgehead atoms. The lowest BCUT2D eigenvalue weighted by Gasteiger charge is -1.92. The molecule has 0 aliphatic carbocycles. The van der Waals surface area contributed by atoms with E-state index in [2.05, 4.69) is 18.2 Å². The first kappa shape index (κ1) is 9.88. The molecule has 0 atom stereocenters. The van der Waals surface area contributed by atoms with Gasteiger partial charge in [-0.3, -0.25) is 0 Å². The fourth-order valence-corrected chi connectivity index (χ4v) is 1.55. The van der Waals surface area contributed by atoms with Crippen LogP contribution in [-0.2, 0) is 0 Å². The van der Waals surface area contributed by atoms with Crippen LogP contribution in [0.1, 0.15) is 12.8 Å². The van der Waals surface area contributed by atoms with E-state index in [0.29, 0.717) is 6.42 Å². The first-order valence-electron chi connectivity index (χ1n) is 4.17. The van der Waals surface area contributed by atoms with Crippen molar-refractivity contribution in [2.75, 3.05) is 0 Å². The summed E-state index contributed by atoms with van der Waals surface area (Å²) in [4.78, 5) is 1.23. The van der Waals surface area contributed by atoms with Crippen molar-refractivity contribution in [3.8, 4) is 6.07 Å². The van der Waals surface area contributed by atoms with Crippen LogP contribution in [-0.4, -0.2) is 0 Å². The Hall–Kier alpha value is -1.20. The summed E-state index contributed by atoms with van der Waals surface area (Å²) in [6.45, 7) is 0. The summed E-state index contributed by atoms with van der Waals surface area (Å²) < 4.78 is 0. The van der Waals surface area contributed by atoms with Crippen molar-refractivity contribution in [1.82, 2.24) is 0 Å². The zero-order valence-electron chi connectivity index (χ0n) is 7.31. The third-order valence-electron chi connectivity index (χ3n) is 1.47. The number of benzene rings is 1. The number of hydrogen-bond acceptors (Lipinski definition) is 2. The minimum atomic E-state index is 0.603. The molecule has 0 aromatic heterocycles. The second-order valence-electron chi connectivity index (χ2n) is 2.50. The van der Waals surface area contributed by atoms with E-state index in [1.54, 1.807) is 11.8 Å². The molecule has 0 radical (unpaired) electrons. The molecule has 0 spiro atoms. The van der Waals surface area contributed by atoms with Gasteiger partial charge in [-0.2, -0.15) is 5.26 Å². The van der Waals surface area contributed by atoms with Crippen LogP contribution in [0.5, 0.6) is 0 Å². The summed E-state index contributed by atoms with van der Waals surface area (Å²) in [5, 5.41) is 10.3. The summed E-state index contributed by atoms with van der Waals surface area (Å²) in [6.07, 6.45) is 3.48. The molecule has 1 aromatic carbocycles. The molecule has 0 saturated heterocycles. The number of rotatable bonds is 4. The highest BCUT2D eigenvalue weighted by Gasteiger charge is 1.85. The number of thioether (sulfide) groups is 1. The molecule has 0 aliphatic rings. The third-order valence-corrected chi connectivity index (χ3v) is 2.34. The van der Waals surface area contributed by atoms with Crippen LogP contribution < -0.4 is 0 Å². The standard InChI is InChI=1S/C11H11NS/c12-9-5-2-6-10-13-11-7-3-1-4-8-11/h1,3-4,6-8,10H,2,5H2/b10-6+. The quantitative estimate of drug-likeness (QED) is 0.533. The summed E-state index contributed by atoms with van der Waals surface area (Å²) in [6, 6.07) is 12.3. The summed E-state index contributed by atoms with van der Waals surface area (Å²) >= 11 is 1.68. The molecule has 2 heteroatoms. The van der Waals surface area contributed by atoms with Gasteiger partial charge in [0.1, 0.15) is 0 Å². The number of unbranched alkanes of at least 4 members (excludes halogenated alkanes) is 1. The smallest absolute Gasteiger partial charge is 0.0625 e. The second-order valence-corrected chi connectivity index (χ2v) is 3.48. The highest BCUT2D eigenvalue weighted by Crippen LogP contribution is 2.18. The Morgan fingerprint density at radius 1 is 1.31 bits per heavy atom. The maximum atomic E-state index is 8.29. The molecular weight excluding hydrogens is 178 g/mol. The average Bonchev–Trinajstić information content (AvgIpc) is 2.19. The van der Waals surface area contributed by atoms with E-state index < -0.39 is 0 Å². The molecular formula is C11H11NS. The molecule has 0 unspecified atom stereocenters. The van der Waals surface area contributed by atoms with Gasteiger partial charge in [-0.05, 0) is 24.0 Å². The normalized spacial score (nSPS) is 10.1. The van der Waals surface area contributed by atoms with E-state index in [9.17, 15) is 0 Å². The fraction of sp³-hybridized carbons (Fsp3) is 0.182. The molecule has 13 heavy (non-hydrogen) atoms. The zero-order chi connectivity index (χ0) is 9.36. The molecule has 0 heterocycles. The maximum Gasteiger partial charge on any atom is 0.0625 e. The minimum absolute atomic E-state index is 0.603. The van der Waals surface area contributed by atoms with E-state index in [1.165, 1.54) is 4.90 Å². The molecule has 0 amide bonds. The Morgan fingerprint density at radius 3 is 2.77 bits per heavy atom. The van der Waals surface area contributed by atoms with Gasteiger partial charge in [0.2, 0.25) is 0 Å². The van der Waals surface area contributed by atoms with Crippen LogP contribution in [0, 0.1) is 11.3 Å². The Kier molecular flexibility index (Phi) is 4.81. The molecule has 1 aromatic rings. The predicted octanol–water partition coefficient (Wildman–Crippen LogP) is 3.60. The van der Waals surface area contributed by atoms with E-state index >= 15 is 0 Å². The van der Waals surface area contributed by atoms with Crippen molar-refractivity contribution < 1.29 is 0 Å². The predicted molar refractivity (Wildman–Crippen MR) is 56.3 cm³/mol. The highest BCUT2D eigenvalue weighted by molar-refractivity contribution is 8.02. The van der Waals surface area contributed by atoms with Crippen molar-refractivity contribution in [1.29, 1.82) is 5.26 Å². The fourth-order valence-electron chi connectivity index (χ4n) is 0.842. The molecule has 1 rings (SSSR count). The number of nitriles is 1. The summed E-state index contributed by atoms with van der Waals surface area (Å²) in [7, 11) is 0. The van der Waals surface area contributed by atoms with Gasteiger partial charge in [-0.15, -0.1) is 0 Å². The van der Waals surface area contributed by atoms with Crippen molar-refractivity contribution in [2.24, 2.45) is 0 Å².